The maximum atomic E-state index is 11.1. The molecular formula is C21H20O10. The number of carbonyl (C=O) groups is 4. The van der Waals surface area contributed by atoms with Crippen LogP contribution in [0.15, 0.2) is 36.4 Å². The Kier molecular flexibility index (Phi) is 7.95. The van der Waals surface area contributed by atoms with Crippen molar-refractivity contribution in [2.75, 3.05) is 13.2 Å². The second-order valence-electron chi connectivity index (χ2n) is 6.47. The van der Waals surface area contributed by atoms with E-state index in [1.807, 2.05) is 0 Å². The normalized spacial score (nSPS) is 10.3. The minimum absolute atomic E-state index is 0.139. The van der Waals surface area contributed by atoms with Crippen LogP contribution in [-0.2, 0) is 0 Å². The minimum Gasteiger partial charge on any atom is -0.494 e. The standard InChI is InChI=1S/C21H20O10/c22-18(23)12-6-13(19(24)25)9-16(8-12)30-4-2-1-3-5-31-17-10-14(20(26)27)7-15(11-17)21(28)29/h6-11H,1-5H2,(H,22,23)(H,24,25)(H,26,27)(H,28,29). The highest BCUT2D eigenvalue weighted by molar-refractivity contribution is 5.95. The first kappa shape index (κ1) is 23.2. The number of hydrogen-bond acceptors (Lipinski definition) is 6. The Labute approximate surface area is 176 Å². The van der Waals surface area contributed by atoms with Crippen LogP contribution in [0.5, 0.6) is 11.5 Å². The van der Waals surface area contributed by atoms with E-state index in [4.69, 9.17) is 29.9 Å². The molecular weight excluding hydrogens is 412 g/mol. The van der Waals surface area contributed by atoms with Gasteiger partial charge in [0.2, 0.25) is 0 Å². The minimum atomic E-state index is -1.26. The summed E-state index contributed by atoms with van der Waals surface area (Å²) < 4.78 is 10.9. The second-order valence-corrected chi connectivity index (χ2v) is 6.47. The van der Waals surface area contributed by atoms with E-state index in [9.17, 15) is 19.2 Å². The third-order valence-electron chi connectivity index (χ3n) is 4.13. The van der Waals surface area contributed by atoms with Gasteiger partial charge in [0, 0.05) is 0 Å². The van der Waals surface area contributed by atoms with Gasteiger partial charge >= 0.3 is 23.9 Å². The zero-order valence-corrected chi connectivity index (χ0v) is 16.2. The van der Waals surface area contributed by atoms with Crippen molar-refractivity contribution in [1.82, 2.24) is 0 Å². The lowest BCUT2D eigenvalue weighted by atomic mass is 10.1. The van der Waals surface area contributed by atoms with Gasteiger partial charge in [-0.25, -0.2) is 19.2 Å². The number of unbranched alkanes of at least 4 members (excludes halogenated alkanes) is 2. The molecule has 0 aliphatic heterocycles. The molecule has 2 rings (SSSR count). The van der Waals surface area contributed by atoms with Crippen molar-refractivity contribution in [2.24, 2.45) is 0 Å². The molecule has 0 saturated carbocycles. The summed E-state index contributed by atoms with van der Waals surface area (Å²) >= 11 is 0. The van der Waals surface area contributed by atoms with Crippen LogP contribution in [0, 0.1) is 0 Å². The lowest BCUT2D eigenvalue weighted by Crippen LogP contribution is -2.06. The van der Waals surface area contributed by atoms with Gasteiger partial charge in [0.15, 0.2) is 0 Å². The van der Waals surface area contributed by atoms with E-state index in [2.05, 4.69) is 0 Å². The fourth-order valence-corrected chi connectivity index (χ4v) is 2.62. The van der Waals surface area contributed by atoms with Gasteiger partial charge in [-0.15, -0.1) is 0 Å². The maximum Gasteiger partial charge on any atom is 0.335 e. The second kappa shape index (κ2) is 10.6. The SMILES string of the molecule is O=C(O)c1cc(OCCCCCOc2cc(C(=O)O)cc(C(=O)O)c2)cc(C(=O)O)c1. The van der Waals surface area contributed by atoms with Crippen LogP contribution in [0.4, 0.5) is 0 Å². The number of benzene rings is 2. The Morgan fingerprint density at radius 2 is 0.806 bits per heavy atom. The van der Waals surface area contributed by atoms with Crippen LogP contribution in [-0.4, -0.2) is 57.5 Å². The topological polar surface area (TPSA) is 168 Å². The predicted molar refractivity (Wildman–Crippen MR) is 106 cm³/mol. The van der Waals surface area contributed by atoms with Crippen LogP contribution in [0.1, 0.15) is 60.7 Å². The molecule has 31 heavy (non-hydrogen) atoms. The van der Waals surface area contributed by atoms with E-state index in [-0.39, 0.29) is 47.0 Å². The number of aromatic carboxylic acids is 4. The Hall–Kier alpha value is -4.08. The van der Waals surface area contributed by atoms with Crippen molar-refractivity contribution < 1.29 is 49.1 Å². The van der Waals surface area contributed by atoms with Gasteiger partial charge in [-0.05, 0) is 55.7 Å². The van der Waals surface area contributed by atoms with E-state index in [1.54, 1.807) is 0 Å². The predicted octanol–water partition coefficient (Wildman–Crippen LogP) is 3.11. The molecule has 0 aliphatic carbocycles. The molecule has 0 fully saturated rings. The summed E-state index contributed by atoms with van der Waals surface area (Å²) in [4.78, 5) is 44.3. The third-order valence-corrected chi connectivity index (χ3v) is 4.13. The van der Waals surface area contributed by atoms with E-state index >= 15 is 0 Å². The quantitative estimate of drug-likeness (QED) is 0.366. The van der Waals surface area contributed by atoms with Crippen LogP contribution >= 0.6 is 0 Å². The van der Waals surface area contributed by atoms with Crippen LogP contribution < -0.4 is 9.47 Å². The molecule has 0 aromatic heterocycles. The van der Waals surface area contributed by atoms with Gasteiger partial charge in [-0.1, -0.05) is 0 Å². The van der Waals surface area contributed by atoms with Crippen molar-refractivity contribution in [1.29, 1.82) is 0 Å². The molecule has 0 saturated heterocycles. The molecule has 10 nitrogen and oxygen atoms in total. The van der Waals surface area contributed by atoms with Gasteiger partial charge in [0.1, 0.15) is 11.5 Å². The molecule has 164 valence electrons. The van der Waals surface area contributed by atoms with E-state index in [1.165, 1.54) is 24.3 Å². The summed E-state index contributed by atoms with van der Waals surface area (Å²) in [7, 11) is 0. The van der Waals surface area contributed by atoms with E-state index < -0.39 is 23.9 Å². The van der Waals surface area contributed by atoms with Crippen molar-refractivity contribution in [3.05, 3.63) is 58.7 Å². The smallest absolute Gasteiger partial charge is 0.335 e. The Morgan fingerprint density at radius 3 is 1.06 bits per heavy atom. The fourth-order valence-electron chi connectivity index (χ4n) is 2.62. The largest absolute Gasteiger partial charge is 0.494 e. The van der Waals surface area contributed by atoms with Crippen molar-refractivity contribution in [3.63, 3.8) is 0 Å². The summed E-state index contributed by atoms with van der Waals surface area (Å²) in [6.07, 6.45) is 1.78. The van der Waals surface area contributed by atoms with Crippen LogP contribution in [0.25, 0.3) is 0 Å². The van der Waals surface area contributed by atoms with Gasteiger partial charge in [-0.3, -0.25) is 0 Å². The van der Waals surface area contributed by atoms with E-state index in [0.29, 0.717) is 19.3 Å². The van der Waals surface area contributed by atoms with Crippen molar-refractivity contribution in [3.8, 4) is 11.5 Å². The molecule has 4 N–H and O–H groups in total. The third kappa shape index (κ3) is 7.03. The summed E-state index contributed by atoms with van der Waals surface area (Å²) in [5, 5.41) is 36.2. The molecule has 0 radical (unpaired) electrons. The molecule has 0 atom stereocenters. The van der Waals surface area contributed by atoms with Crippen molar-refractivity contribution in [2.45, 2.75) is 19.3 Å². The zero-order chi connectivity index (χ0) is 23.0. The molecule has 2 aromatic carbocycles. The molecule has 0 amide bonds. The Bertz CT molecular complexity index is 852. The zero-order valence-electron chi connectivity index (χ0n) is 16.2. The van der Waals surface area contributed by atoms with Crippen LogP contribution in [0.3, 0.4) is 0 Å². The molecule has 10 heteroatoms. The lowest BCUT2D eigenvalue weighted by Gasteiger charge is -2.10. The monoisotopic (exact) mass is 432 g/mol. The summed E-state index contributed by atoms with van der Waals surface area (Å²) in [5.41, 5.74) is -0.750. The first-order chi connectivity index (χ1) is 14.7. The molecule has 0 bridgehead atoms. The summed E-state index contributed by atoms with van der Waals surface area (Å²) in [5.74, 6) is -4.77. The number of ether oxygens (including phenoxy) is 2. The average molecular weight is 432 g/mol. The van der Waals surface area contributed by atoms with E-state index in [0.717, 1.165) is 12.1 Å². The number of rotatable bonds is 12. The fraction of sp³-hybridized carbons (Fsp3) is 0.238. The molecule has 2 aromatic rings. The van der Waals surface area contributed by atoms with Crippen molar-refractivity contribution >= 4 is 23.9 Å². The van der Waals surface area contributed by atoms with Gasteiger partial charge in [0.25, 0.3) is 0 Å². The highest BCUT2D eigenvalue weighted by Gasteiger charge is 2.13. The first-order valence-electron chi connectivity index (χ1n) is 9.16. The number of carboxylic acids is 4. The van der Waals surface area contributed by atoms with Gasteiger partial charge < -0.3 is 29.9 Å². The molecule has 0 heterocycles. The Balaban J connectivity index is 1.81. The Morgan fingerprint density at radius 1 is 0.516 bits per heavy atom. The average Bonchev–Trinajstić information content (AvgIpc) is 2.72. The van der Waals surface area contributed by atoms with Gasteiger partial charge in [0.05, 0.1) is 35.5 Å². The highest BCUT2D eigenvalue weighted by atomic mass is 16.5. The number of hydrogen-bond donors (Lipinski definition) is 4. The van der Waals surface area contributed by atoms with Gasteiger partial charge in [-0.2, -0.15) is 0 Å². The summed E-state index contributed by atoms with van der Waals surface area (Å²) in [6.45, 7) is 0.444. The van der Waals surface area contributed by atoms with Crippen LogP contribution in [0.2, 0.25) is 0 Å². The molecule has 0 spiro atoms. The highest BCUT2D eigenvalue weighted by Crippen LogP contribution is 2.20. The first-order valence-corrected chi connectivity index (χ1v) is 9.16. The maximum absolute atomic E-state index is 11.1. The number of carboxylic acid groups (broad SMARTS) is 4. The molecule has 0 unspecified atom stereocenters. The molecule has 0 aliphatic rings. The summed E-state index contributed by atoms with van der Waals surface area (Å²) in [6, 6.07) is 7.06. The lowest BCUT2D eigenvalue weighted by molar-refractivity contribution is 0.0675.